The molecule has 102 valence electrons. The predicted molar refractivity (Wildman–Crippen MR) is 68.6 cm³/mol. The number of hydrogen-bond acceptors (Lipinski definition) is 4. The molecule has 0 saturated heterocycles. The first kappa shape index (κ1) is 14.7. The van der Waals surface area contributed by atoms with Crippen LogP contribution in [0.15, 0.2) is 18.2 Å². The number of rotatable bonds is 6. The lowest BCUT2D eigenvalue weighted by molar-refractivity contribution is 0.414. The highest BCUT2D eigenvalue weighted by molar-refractivity contribution is 7.93. The minimum absolute atomic E-state index is 0.0164. The van der Waals surface area contributed by atoms with Crippen LogP contribution in [0.2, 0.25) is 0 Å². The SMILES string of the molecule is CCC(CN)S(=O)(=O)Nc1cc(OC)ccc1F. The molecular formula is C11H17FN2O3S. The molecule has 0 aliphatic carbocycles. The van der Waals surface area contributed by atoms with E-state index in [-0.39, 0.29) is 12.2 Å². The summed E-state index contributed by atoms with van der Waals surface area (Å²) in [6, 6.07) is 3.84. The molecule has 0 aliphatic rings. The van der Waals surface area contributed by atoms with Crippen molar-refractivity contribution in [3.63, 3.8) is 0 Å². The van der Waals surface area contributed by atoms with E-state index in [2.05, 4.69) is 4.72 Å². The zero-order chi connectivity index (χ0) is 13.8. The number of nitrogens with one attached hydrogen (secondary N) is 1. The Morgan fingerprint density at radius 3 is 2.67 bits per heavy atom. The molecule has 1 aromatic carbocycles. The zero-order valence-electron chi connectivity index (χ0n) is 10.3. The normalized spacial score (nSPS) is 13.1. The fourth-order valence-corrected chi connectivity index (χ4v) is 2.78. The highest BCUT2D eigenvalue weighted by atomic mass is 32.2. The second-order valence-corrected chi connectivity index (χ2v) is 5.72. The maximum Gasteiger partial charge on any atom is 0.236 e. The molecule has 0 radical (unpaired) electrons. The molecule has 0 heterocycles. The van der Waals surface area contributed by atoms with Crippen LogP contribution in [0.3, 0.4) is 0 Å². The van der Waals surface area contributed by atoms with Crippen LogP contribution in [0.1, 0.15) is 13.3 Å². The Bertz CT molecular complexity index is 501. The summed E-state index contributed by atoms with van der Waals surface area (Å²) < 4.78 is 44.4. The Hall–Kier alpha value is -1.34. The lowest BCUT2D eigenvalue weighted by Gasteiger charge is -2.16. The lowest BCUT2D eigenvalue weighted by atomic mass is 10.3. The molecule has 1 aromatic rings. The monoisotopic (exact) mass is 276 g/mol. The van der Waals surface area contributed by atoms with Crippen LogP contribution in [-0.4, -0.2) is 27.3 Å². The summed E-state index contributed by atoms with van der Waals surface area (Å²) in [4.78, 5) is 0. The number of benzene rings is 1. The maximum atomic E-state index is 13.5. The molecule has 0 bridgehead atoms. The minimum Gasteiger partial charge on any atom is -0.497 e. The molecule has 0 saturated carbocycles. The second-order valence-electron chi connectivity index (χ2n) is 3.76. The maximum absolute atomic E-state index is 13.5. The van der Waals surface area contributed by atoms with Gasteiger partial charge in [0.2, 0.25) is 10.0 Å². The van der Waals surface area contributed by atoms with Gasteiger partial charge in [-0.25, -0.2) is 12.8 Å². The molecule has 3 N–H and O–H groups in total. The van der Waals surface area contributed by atoms with Crippen molar-refractivity contribution < 1.29 is 17.5 Å². The first-order valence-corrected chi connectivity index (χ1v) is 7.04. The van der Waals surface area contributed by atoms with Crippen LogP contribution in [0, 0.1) is 5.82 Å². The minimum atomic E-state index is -3.69. The molecule has 0 aromatic heterocycles. The van der Waals surface area contributed by atoms with E-state index in [4.69, 9.17) is 10.5 Å². The summed E-state index contributed by atoms with van der Waals surface area (Å²) in [7, 11) is -2.28. The van der Waals surface area contributed by atoms with Gasteiger partial charge in [-0.2, -0.15) is 0 Å². The number of ether oxygens (including phenoxy) is 1. The van der Waals surface area contributed by atoms with Crippen molar-refractivity contribution in [2.45, 2.75) is 18.6 Å². The Labute approximate surface area is 106 Å². The summed E-state index contributed by atoms with van der Waals surface area (Å²) in [5, 5.41) is -0.747. The summed E-state index contributed by atoms with van der Waals surface area (Å²) in [5.41, 5.74) is 5.24. The standard InChI is InChI=1S/C11H17FN2O3S/c1-3-9(7-13)18(15,16)14-11-6-8(17-2)4-5-10(11)12/h4-6,9,14H,3,7,13H2,1-2H3. The van der Waals surface area contributed by atoms with Gasteiger partial charge < -0.3 is 10.5 Å². The van der Waals surface area contributed by atoms with Crippen molar-refractivity contribution in [2.24, 2.45) is 5.73 Å². The van der Waals surface area contributed by atoms with Gasteiger partial charge in [-0.3, -0.25) is 4.72 Å². The Kier molecular flexibility index (Phi) is 4.92. The second kappa shape index (κ2) is 6.01. The van der Waals surface area contributed by atoms with Gasteiger partial charge in [0.05, 0.1) is 18.0 Å². The highest BCUT2D eigenvalue weighted by Gasteiger charge is 2.23. The number of methoxy groups -OCH3 is 1. The fraction of sp³-hybridized carbons (Fsp3) is 0.455. The van der Waals surface area contributed by atoms with Crippen LogP contribution >= 0.6 is 0 Å². The third-order valence-corrected chi connectivity index (χ3v) is 4.49. The van der Waals surface area contributed by atoms with Gasteiger partial charge >= 0.3 is 0 Å². The summed E-state index contributed by atoms with van der Waals surface area (Å²) >= 11 is 0. The van der Waals surface area contributed by atoms with Gasteiger partial charge in [-0.15, -0.1) is 0 Å². The van der Waals surface area contributed by atoms with Crippen molar-refractivity contribution in [3.05, 3.63) is 24.0 Å². The van der Waals surface area contributed by atoms with Gasteiger partial charge in [0.25, 0.3) is 0 Å². The first-order chi connectivity index (χ1) is 8.44. The molecule has 5 nitrogen and oxygen atoms in total. The Balaban J connectivity index is 3.03. The van der Waals surface area contributed by atoms with E-state index in [1.165, 1.54) is 19.2 Å². The molecule has 0 spiro atoms. The van der Waals surface area contributed by atoms with E-state index in [0.29, 0.717) is 12.2 Å². The van der Waals surface area contributed by atoms with Crippen molar-refractivity contribution >= 4 is 15.7 Å². The van der Waals surface area contributed by atoms with Crippen LogP contribution in [-0.2, 0) is 10.0 Å². The van der Waals surface area contributed by atoms with Crippen LogP contribution in [0.4, 0.5) is 10.1 Å². The number of sulfonamides is 1. The van der Waals surface area contributed by atoms with E-state index in [1.807, 2.05) is 0 Å². The molecule has 7 heteroatoms. The Morgan fingerprint density at radius 2 is 2.17 bits per heavy atom. The smallest absolute Gasteiger partial charge is 0.236 e. The van der Waals surface area contributed by atoms with Crippen molar-refractivity contribution in [1.29, 1.82) is 0 Å². The molecule has 1 atom stereocenters. The van der Waals surface area contributed by atoms with Crippen LogP contribution < -0.4 is 15.2 Å². The summed E-state index contributed by atoms with van der Waals surface area (Å²) in [6.45, 7) is 1.69. The predicted octanol–water partition coefficient (Wildman–Crippen LogP) is 1.31. The topological polar surface area (TPSA) is 81.4 Å². The number of hydrogen-bond donors (Lipinski definition) is 2. The van der Waals surface area contributed by atoms with Gasteiger partial charge in [-0.1, -0.05) is 6.92 Å². The zero-order valence-corrected chi connectivity index (χ0v) is 11.1. The van der Waals surface area contributed by atoms with Gasteiger partial charge in [0.15, 0.2) is 0 Å². The van der Waals surface area contributed by atoms with E-state index in [9.17, 15) is 12.8 Å². The van der Waals surface area contributed by atoms with E-state index in [0.717, 1.165) is 6.07 Å². The molecule has 1 unspecified atom stereocenters. The van der Waals surface area contributed by atoms with Gasteiger partial charge in [0.1, 0.15) is 11.6 Å². The molecule has 18 heavy (non-hydrogen) atoms. The molecule has 0 fully saturated rings. The average Bonchev–Trinajstić information content (AvgIpc) is 2.33. The summed E-state index contributed by atoms with van der Waals surface area (Å²) in [6.07, 6.45) is 0.359. The average molecular weight is 276 g/mol. The highest BCUT2D eigenvalue weighted by Crippen LogP contribution is 2.23. The number of halogens is 1. The lowest BCUT2D eigenvalue weighted by Crippen LogP contribution is -2.33. The third kappa shape index (κ3) is 3.33. The fourth-order valence-electron chi connectivity index (χ4n) is 1.46. The van der Waals surface area contributed by atoms with Crippen molar-refractivity contribution in [2.75, 3.05) is 18.4 Å². The van der Waals surface area contributed by atoms with Gasteiger partial charge in [-0.05, 0) is 18.6 Å². The van der Waals surface area contributed by atoms with Crippen molar-refractivity contribution in [3.8, 4) is 5.75 Å². The molecule has 0 aliphatic heterocycles. The van der Waals surface area contributed by atoms with E-state index >= 15 is 0 Å². The third-order valence-electron chi connectivity index (χ3n) is 2.58. The molecule has 1 rings (SSSR count). The molecular weight excluding hydrogens is 259 g/mol. The van der Waals surface area contributed by atoms with Crippen LogP contribution in [0.25, 0.3) is 0 Å². The molecule has 0 amide bonds. The number of anilines is 1. The van der Waals surface area contributed by atoms with Crippen molar-refractivity contribution in [1.82, 2.24) is 0 Å². The van der Waals surface area contributed by atoms with Gasteiger partial charge in [0, 0.05) is 12.6 Å². The van der Waals surface area contributed by atoms with E-state index < -0.39 is 21.1 Å². The summed E-state index contributed by atoms with van der Waals surface area (Å²) in [5.74, 6) is -0.291. The largest absolute Gasteiger partial charge is 0.497 e. The Morgan fingerprint density at radius 1 is 1.50 bits per heavy atom. The van der Waals surface area contributed by atoms with E-state index in [1.54, 1.807) is 6.92 Å². The van der Waals surface area contributed by atoms with Crippen LogP contribution in [0.5, 0.6) is 5.75 Å². The first-order valence-electron chi connectivity index (χ1n) is 5.49. The quantitative estimate of drug-likeness (QED) is 0.821. The number of nitrogens with two attached hydrogens (primary N) is 1.